The van der Waals surface area contributed by atoms with Gasteiger partial charge in [0.25, 0.3) is 0 Å². The van der Waals surface area contributed by atoms with Gasteiger partial charge in [0.15, 0.2) is 0 Å². The van der Waals surface area contributed by atoms with Crippen molar-refractivity contribution in [3.05, 3.63) is 59.5 Å². The van der Waals surface area contributed by atoms with Crippen molar-refractivity contribution < 1.29 is 14.3 Å². The summed E-state index contributed by atoms with van der Waals surface area (Å²) < 4.78 is 5.13. The maximum atomic E-state index is 11.8. The third-order valence-corrected chi connectivity index (χ3v) is 5.21. The molecule has 1 aliphatic heterocycles. The predicted octanol–water partition coefficient (Wildman–Crippen LogP) is 3.92. The zero-order valence-corrected chi connectivity index (χ0v) is 16.5. The van der Waals surface area contributed by atoms with E-state index in [0.717, 1.165) is 22.6 Å². The van der Waals surface area contributed by atoms with Crippen molar-refractivity contribution in [2.75, 3.05) is 17.4 Å². The van der Waals surface area contributed by atoms with Crippen LogP contribution in [0, 0.1) is 0 Å². The second kappa shape index (κ2) is 8.24. The average molecular weight is 406 g/mol. The minimum atomic E-state index is -0.155. The summed E-state index contributed by atoms with van der Waals surface area (Å²) in [6.45, 7) is 0. The predicted molar refractivity (Wildman–Crippen MR) is 113 cm³/mol. The number of imide groups is 1. The molecule has 3 aromatic rings. The highest BCUT2D eigenvalue weighted by atomic mass is 32.1. The maximum absolute atomic E-state index is 11.8. The number of hydrogen-bond donors (Lipinski definition) is 1. The minimum Gasteiger partial charge on any atom is -0.497 e. The number of rotatable bonds is 6. The molecule has 2 aromatic carbocycles. The average Bonchev–Trinajstić information content (AvgIpc) is 3.35. The molecule has 0 radical (unpaired) electrons. The van der Waals surface area contributed by atoms with E-state index in [-0.39, 0.29) is 24.7 Å². The van der Waals surface area contributed by atoms with Crippen LogP contribution in [0.4, 0.5) is 10.8 Å². The lowest BCUT2D eigenvalue weighted by Crippen LogP contribution is -2.28. The van der Waals surface area contributed by atoms with E-state index >= 15 is 0 Å². The number of nitrogens with one attached hydrogen (secondary N) is 1. The van der Waals surface area contributed by atoms with Gasteiger partial charge in [0.1, 0.15) is 5.75 Å². The lowest BCUT2D eigenvalue weighted by molar-refractivity contribution is -0.121. The van der Waals surface area contributed by atoms with E-state index in [2.05, 4.69) is 15.5 Å². The van der Waals surface area contributed by atoms with Crippen molar-refractivity contribution in [3.63, 3.8) is 0 Å². The first-order valence-corrected chi connectivity index (χ1v) is 9.87. The van der Waals surface area contributed by atoms with Gasteiger partial charge in [-0.15, -0.1) is 11.3 Å². The zero-order chi connectivity index (χ0) is 20.2. The van der Waals surface area contributed by atoms with Gasteiger partial charge in [-0.3, -0.25) is 19.9 Å². The molecular formula is C21H18N4O3S. The Labute approximate surface area is 171 Å². The molecule has 0 atom stereocenters. The molecule has 146 valence electrons. The van der Waals surface area contributed by atoms with Gasteiger partial charge in [0.2, 0.25) is 16.9 Å². The number of thiazole rings is 1. The van der Waals surface area contributed by atoms with Crippen LogP contribution >= 0.6 is 11.3 Å². The number of methoxy groups -OCH3 is 1. The number of nitrogens with zero attached hydrogens (tertiary/aromatic N) is 3. The van der Waals surface area contributed by atoms with Gasteiger partial charge in [-0.1, -0.05) is 12.1 Å². The third-order valence-electron chi connectivity index (χ3n) is 4.47. The van der Waals surface area contributed by atoms with Crippen LogP contribution in [0.15, 0.2) is 59.0 Å². The summed E-state index contributed by atoms with van der Waals surface area (Å²) in [4.78, 5) is 29.5. The molecule has 29 heavy (non-hydrogen) atoms. The first-order chi connectivity index (χ1) is 14.1. The number of anilines is 2. The van der Waals surface area contributed by atoms with E-state index in [1.54, 1.807) is 25.5 Å². The molecule has 2 amide bonds. The molecule has 4 rings (SSSR count). The summed E-state index contributed by atoms with van der Waals surface area (Å²) in [5.41, 5.74) is 6.16. The van der Waals surface area contributed by atoms with Crippen LogP contribution in [-0.4, -0.2) is 30.1 Å². The lowest BCUT2D eigenvalue weighted by Gasteiger charge is -2.13. The standard InChI is InChI=1S/C21H18N4O3S/c1-28-17-8-2-14(3-9-17)12-22-24-21-23-18(13-29-21)15-4-6-16(7-5-15)25-19(26)10-11-20(25)27/h2-9,12-13H,10-11H2,1H3,(H,23,24). The Morgan fingerprint density at radius 3 is 2.41 bits per heavy atom. The maximum Gasteiger partial charge on any atom is 0.234 e. The summed E-state index contributed by atoms with van der Waals surface area (Å²) in [7, 11) is 1.63. The number of benzene rings is 2. The Kier molecular flexibility index (Phi) is 5.35. The van der Waals surface area contributed by atoms with Crippen LogP contribution < -0.4 is 15.1 Å². The second-order valence-electron chi connectivity index (χ2n) is 6.35. The minimum absolute atomic E-state index is 0.155. The molecule has 0 saturated carbocycles. The molecule has 0 aliphatic carbocycles. The van der Waals surface area contributed by atoms with Gasteiger partial charge in [0.05, 0.1) is 24.7 Å². The van der Waals surface area contributed by atoms with Crippen LogP contribution in [0.25, 0.3) is 11.3 Å². The van der Waals surface area contributed by atoms with Gasteiger partial charge >= 0.3 is 0 Å². The smallest absolute Gasteiger partial charge is 0.234 e. The largest absolute Gasteiger partial charge is 0.497 e. The lowest BCUT2D eigenvalue weighted by atomic mass is 10.1. The first kappa shape index (κ1) is 18.8. The summed E-state index contributed by atoms with van der Waals surface area (Å²) in [6, 6.07) is 14.8. The number of aromatic nitrogens is 1. The summed E-state index contributed by atoms with van der Waals surface area (Å²) in [6.07, 6.45) is 2.26. The van der Waals surface area contributed by atoms with Crippen molar-refractivity contribution in [1.29, 1.82) is 0 Å². The monoisotopic (exact) mass is 406 g/mol. The van der Waals surface area contributed by atoms with Gasteiger partial charge in [-0.05, 0) is 42.0 Å². The highest BCUT2D eigenvalue weighted by molar-refractivity contribution is 7.14. The van der Waals surface area contributed by atoms with Gasteiger partial charge in [0, 0.05) is 23.8 Å². The fourth-order valence-corrected chi connectivity index (χ4v) is 3.62. The number of hydrazone groups is 1. The van der Waals surface area contributed by atoms with Crippen molar-refractivity contribution in [2.45, 2.75) is 12.8 Å². The van der Waals surface area contributed by atoms with E-state index in [0.29, 0.717) is 10.8 Å². The fraction of sp³-hybridized carbons (Fsp3) is 0.143. The number of hydrogen-bond acceptors (Lipinski definition) is 7. The molecule has 1 aliphatic rings. The molecule has 0 bridgehead atoms. The number of ether oxygens (including phenoxy) is 1. The third kappa shape index (κ3) is 4.17. The van der Waals surface area contributed by atoms with Crippen molar-refractivity contribution in [1.82, 2.24) is 4.98 Å². The van der Waals surface area contributed by atoms with Crippen molar-refractivity contribution in [3.8, 4) is 17.0 Å². The van der Waals surface area contributed by atoms with Crippen LogP contribution in [0.5, 0.6) is 5.75 Å². The van der Waals surface area contributed by atoms with E-state index in [1.807, 2.05) is 41.8 Å². The molecule has 1 saturated heterocycles. The summed E-state index contributed by atoms with van der Waals surface area (Å²) >= 11 is 1.44. The molecule has 1 N–H and O–H groups in total. The van der Waals surface area contributed by atoms with E-state index in [4.69, 9.17) is 4.74 Å². The van der Waals surface area contributed by atoms with Crippen molar-refractivity contribution in [2.24, 2.45) is 5.10 Å². The number of carbonyl (C=O) groups excluding carboxylic acids is 2. The van der Waals surface area contributed by atoms with Crippen LogP contribution in [0.3, 0.4) is 0 Å². The zero-order valence-electron chi connectivity index (χ0n) is 15.7. The normalized spacial score (nSPS) is 14.0. The Balaban J connectivity index is 1.41. The Hall–Kier alpha value is -3.52. The Morgan fingerprint density at radius 2 is 1.76 bits per heavy atom. The van der Waals surface area contributed by atoms with Crippen LogP contribution in [-0.2, 0) is 9.59 Å². The molecule has 8 heteroatoms. The van der Waals surface area contributed by atoms with E-state index in [9.17, 15) is 9.59 Å². The van der Waals surface area contributed by atoms with Gasteiger partial charge in [-0.25, -0.2) is 4.98 Å². The topological polar surface area (TPSA) is 83.9 Å². The Morgan fingerprint density at radius 1 is 1.07 bits per heavy atom. The molecule has 0 unspecified atom stereocenters. The Bertz CT molecular complexity index is 1040. The molecular weight excluding hydrogens is 388 g/mol. The van der Waals surface area contributed by atoms with E-state index < -0.39 is 0 Å². The van der Waals surface area contributed by atoms with Gasteiger partial charge < -0.3 is 4.74 Å². The van der Waals surface area contributed by atoms with Gasteiger partial charge in [-0.2, -0.15) is 5.10 Å². The van der Waals surface area contributed by atoms with Crippen molar-refractivity contribution >= 4 is 40.2 Å². The number of amides is 2. The molecule has 7 nitrogen and oxygen atoms in total. The highest BCUT2D eigenvalue weighted by Crippen LogP contribution is 2.28. The van der Waals surface area contributed by atoms with Crippen LogP contribution in [0.1, 0.15) is 18.4 Å². The van der Waals surface area contributed by atoms with E-state index in [1.165, 1.54) is 16.2 Å². The number of carbonyl (C=O) groups is 2. The second-order valence-corrected chi connectivity index (χ2v) is 7.21. The molecule has 1 aromatic heterocycles. The SMILES string of the molecule is COc1ccc(C=NNc2nc(-c3ccc(N4C(=O)CCC4=O)cc3)cs2)cc1. The highest BCUT2D eigenvalue weighted by Gasteiger charge is 2.30. The molecule has 2 heterocycles. The fourth-order valence-electron chi connectivity index (χ4n) is 2.96. The molecule has 0 spiro atoms. The first-order valence-electron chi connectivity index (χ1n) is 8.99. The quantitative estimate of drug-likeness (QED) is 0.381. The summed E-state index contributed by atoms with van der Waals surface area (Å²) in [5, 5.41) is 6.80. The van der Waals surface area contributed by atoms with Crippen LogP contribution in [0.2, 0.25) is 0 Å². The summed E-state index contributed by atoms with van der Waals surface area (Å²) in [5.74, 6) is 0.486. The molecule has 1 fully saturated rings.